The van der Waals surface area contributed by atoms with Gasteiger partial charge >= 0.3 is 5.97 Å². The fraction of sp³-hybridized carbons (Fsp3) is 0.238. The quantitative estimate of drug-likeness (QED) is 0.353. The highest BCUT2D eigenvalue weighted by Crippen LogP contribution is 2.25. The van der Waals surface area contributed by atoms with Crippen molar-refractivity contribution < 1.29 is 24.2 Å². The summed E-state index contributed by atoms with van der Waals surface area (Å²) in [6, 6.07) is 10.6. The second-order valence-electron chi connectivity index (χ2n) is 6.78. The van der Waals surface area contributed by atoms with E-state index in [1.165, 1.54) is 6.21 Å². The molecular formula is C21H21BrClN3O5. The van der Waals surface area contributed by atoms with Crippen LogP contribution in [0.1, 0.15) is 29.8 Å². The predicted molar refractivity (Wildman–Crippen MR) is 121 cm³/mol. The van der Waals surface area contributed by atoms with Crippen LogP contribution in [0.4, 0.5) is 0 Å². The fourth-order valence-electron chi connectivity index (χ4n) is 2.49. The summed E-state index contributed by atoms with van der Waals surface area (Å²) in [6.07, 6.45) is 1.41. The average Bonchev–Trinajstić information content (AvgIpc) is 2.71. The predicted octanol–water partition coefficient (Wildman–Crippen LogP) is 3.47. The second-order valence-corrected chi connectivity index (χ2v) is 8.04. The van der Waals surface area contributed by atoms with Crippen LogP contribution in [-0.2, 0) is 9.59 Å². The van der Waals surface area contributed by atoms with Crippen molar-refractivity contribution >= 4 is 51.5 Å². The molecule has 0 spiro atoms. The second kappa shape index (κ2) is 11.5. The number of aliphatic carboxylic acids is 1. The molecule has 3 N–H and O–H groups in total. The van der Waals surface area contributed by atoms with Gasteiger partial charge in [0, 0.05) is 0 Å². The highest BCUT2D eigenvalue weighted by molar-refractivity contribution is 9.10. The molecule has 31 heavy (non-hydrogen) atoms. The first-order valence-corrected chi connectivity index (χ1v) is 10.4. The van der Waals surface area contributed by atoms with Gasteiger partial charge in [-0.3, -0.25) is 9.59 Å². The van der Waals surface area contributed by atoms with E-state index in [0.29, 0.717) is 20.8 Å². The number of amides is 2. The molecule has 0 aliphatic heterocycles. The largest absolute Gasteiger partial charge is 0.481 e. The zero-order valence-corrected chi connectivity index (χ0v) is 19.1. The molecule has 2 amide bonds. The van der Waals surface area contributed by atoms with Crippen LogP contribution in [0.5, 0.6) is 5.75 Å². The Morgan fingerprint density at radius 3 is 2.55 bits per heavy atom. The smallest absolute Gasteiger partial charge is 0.341 e. The molecule has 2 aromatic carbocycles. The van der Waals surface area contributed by atoms with Gasteiger partial charge in [-0.05, 0) is 57.7 Å². The van der Waals surface area contributed by atoms with Gasteiger partial charge in [0.1, 0.15) is 11.8 Å². The third kappa shape index (κ3) is 7.37. The van der Waals surface area contributed by atoms with E-state index in [0.717, 1.165) is 0 Å². The topological polar surface area (TPSA) is 117 Å². The number of carbonyl (C=O) groups excluding carboxylic acids is 2. The van der Waals surface area contributed by atoms with Crippen molar-refractivity contribution in [2.75, 3.05) is 6.61 Å². The molecule has 0 heterocycles. The third-order valence-corrected chi connectivity index (χ3v) is 5.00. The number of rotatable bonds is 9. The first-order chi connectivity index (χ1) is 14.7. The van der Waals surface area contributed by atoms with Crippen molar-refractivity contribution in [3.63, 3.8) is 0 Å². The van der Waals surface area contributed by atoms with Gasteiger partial charge in [-0.2, -0.15) is 5.10 Å². The van der Waals surface area contributed by atoms with E-state index in [1.807, 2.05) is 0 Å². The van der Waals surface area contributed by atoms with Gasteiger partial charge in [0.2, 0.25) is 0 Å². The molecule has 0 aliphatic rings. The molecule has 10 heteroatoms. The van der Waals surface area contributed by atoms with Crippen LogP contribution in [0.15, 0.2) is 52.0 Å². The van der Waals surface area contributed by atoms with E-state index in [-0.39, 0.29) is 11.5 Å². The van der Waals surface area contributed by atoms with E-state index < -0.39 is 30.4 Å². The van der Waals surface area contributed by atoms with E-state index in [4.69, 9.17) is 21.4 Å². The molecule has 0 saturated heterocycles. The van der Waals surface area contributed by atoms with Crippen LogP contribution in [0.3, 0.4) is 0 Å². The first kappa shape index (κ1) is 24.4. The van der Waals surface area contributed by atoms with Gasteiger partial charge < -0.3 is 15.2 Å². The van der Waals surface area contributed by atoms with Crippen molar-refractivity contribution in [1.82, 2.24) is 10.7 Å². The maximum absolute atomic E-state index is 12.5. The molecule has 1 atom stereocenters. The minimum absolute atomic E-state index is 0.193. The molecule has 0 radical (unpaired) electrons. The van der Waals surface area contributed by atoms with E-state index in [1.54, 1.807) is 56.3 Å². The number of halogens is 2. The van der Waals surface area contributed by atoms with Crippen molar-refractivity contribution in [1.29, 1.82) is 0 Å². The number of hydrazone groups is 1. The van der Waals surface area contributed by atoms with Crippen LogP contribution in [0.25, 0.3) is 0 Å². The summed E-state index contributed by atoms with van der Waals surface area (Å²) >= 11 is 9.34. The zero-order chi connectivity index (χ0) is 23.0. The molecule has 164 valence electrons. The Morgan fingerprint density at radius 2 is 1.94 bits per heavy atom. The molecular weight excluding hydrogens is 490 g/mol. The van der Waals surface area contributed by atoms with E-state index in [2.05, 4.69) is 31.8 Å². The van der Waals surface area contributed by atoms with Crippen molar-refractivity contribution in [2.24, 2.45) is 11.0 Å². The Balaban J connectivity index is 2.00. The Kier molecular flexibility index (Phi) is 9.02. The molecule has 0 saturated carbocycles. The van der Waals surface area contributed by atoms with Crippen LogP contribution < -0.4 is 15.5 Å². The number of hydrogen-bond donors (Lipinski definition) is 3. The minimum atomic E-state index is -1.08. The summed E-state index contributed by atoms with van der Waals surface area (Å²) in [5, 5.41) is 15.6. The van der Waals surface area contributed by atoms with E-state index >= 15 is 0 Å². The number of nitrogens with zero attached hydrogens (tertiary/aromatic N) is 1. The fourth-order valence-corrected chi connectivity index (χ4v) is 3.23. The van der Waals surface area contributed by atoms with E-state index in [9.17, 15) is 14.4 Å². The Bertz CT molecular complexity index is 997. The summed E-state index contributed by atoms with van der Waals surface area (Å²) in [7, 11) is 0. The molecule has 2 aromatic rings. The number of hydrogen-bond acceptors (Lipinski definition) is 5. The summed E-state index contributed by atoms with van der Waals surface area (Å²) in [5.74, 6) is -1.84. The van der Waals surface area contributed by atoms with Crippen LogP contribution in [-0.4, -0.2) is 41.8 Å². The highest BCUT2D eigenvalue weighted by Gasteiger charge is 2.25. The zero-order valence-electron chi connectivity index (χ0n) is 16.8. The SMILES string of the molecule is CC(C)C(NC(=O)c1ccccc1Cl)C(=O)N/N=C\c1ccc(OCC(=O)O)c(Br)c1. The lowest BCUT2D eigenvalue weighted by atomic mass is 10.0. The molecule has 0 fully saturated rings. The Hall–Kier alpha value is -2.91. The number of nitrogens with one attached hydrogen (secondary N) is 2. The standard InChI is InChI=1S/C21H21BrClN3O5/c1-12(2)19(25-20(29)14-5-3-4-6-16(14)23)21(30)26-24-10-13-7-8-17(15(22)9-13)31-11-18(27)28/h3-10,12,19H,11H2,1-2H3,(H,25,29)(H,26,30)(H,27,28)/b24-10-. The number of benzene rings is 2. The number of carboxylic acids is 1. The monoisotopic (exact) mass is 509 g/mol. The molecule has 1 unspecified atom stereocenters. The van der Waals surface area contributed by atoms with Crippen molar-refractivity contribution in [2.45, 2.75) is 19.9 Å². The van der Waals surface area contributed by atoms with Gasteiger partial charge in [-0.15, -0.1) is 0 Å². The Labute approximate surface area is 192 Å². The lowest BCUT2D eigenvalue weighted by Crippen LogP contribution is -2.48. The summed E-state index contributed by atoms with van der Waals surface area (Å²) in [5.41, 5.74) is 3.33. The van der Waals surface area contributed by atoms with Gasteiger partial charge in [-0.1, -0.05) is 37.6 Å². The van der Waals surface area contributed by atoms with Crippen LogP contribution in [0, 0.1) is 5.92 Å². The van der Waals surface area contributed by atoms with Crippen molar-refractivity contribution in [3.05, 3.63) is 63.1 Å². The Morgan fingerprint density at radius 1 is 1.23 bits per heavy atom. The normalized spacial score (nSPS) is 11.9. The van der Waals surface area contributed by atoms with Crippen LogP contribution in [0.2, 0.25) is 5.02 Å². The van der Waals surface area contributed by atoms with Crippen LogP contribution >= 0.6 is 27.5 Å². The van der Waals surface area contributed by atoms with Crippen molar-refractivity contribution in [3.8, 4) is 5.75 Å². The summed E-state index contributed by atoms with van der Waals surface area (Å²) < 4.78 is 5.66. The van der Waals surface area contributed by atoms with Gasteiger partial charge in [-0.25, -0.2) is 10.2 Å². The molecule has 8 nitrogen and oxygen atoms in total. The van der Waals surface area contributed by atoms with Gasteiger partial charge in [0.05, 0.1) is 21.3 Å². The number of ether oxygens (including phenoxy) is 1. The summed E-state index contributed by atoms with van der Waals surface area (Å²) in [6.45, 7) is 3.14. The molecule has 2 rings (SSSR count). The molecule has 0 aliphatic carbocycles. The third-order valence-electron chi connectivity index (χ3n) is 4.05. The maximum atomic E-state index is 12.5. The summed E-state index contributed by atoms with van der Waals surface area (Å²) in [4.78, 5) is 35.6. The van der Waals surface area contributed by atoms with Gasteiger partial charge in [0.15, 0.2) is 6.61 Å². The molecule has 0 bridgehead atoms. The number of carboxylic acid groups (broad SMARTS) is 1. The number of carbonyl (C=O) groups is 3. The van der Waals surface area contributed by atoms with Gasteiger partial charge in [0.25, 0.3) is 11.8 Å². The minimum Gasteiger partial charge on any atom is -0.481 e. The average molecular weight is 511 g/mol. The highest BCUT2D eigenvalue weighted by atomic mass is 79.9. The lowest BCUT2D eigenvalue weighted by molar-refractivity contribution is -0.139. The molecule has 0 aromatic heterocycles. The lowest BCUT2D eigenvalue weighted by Gasteiger charge is -2.20. The first-order valence-electron chi connectivity index (χ1n) is 9.21. The maximum Gasteiger partial charge on any atom is 0.341 e.